The summed E-state index contributed by atoms with van der Waals surface area (Å²) in [5, 5.41) is 3.98. The minimum atomic E-state index is -0.696. The van der Waals surface area contributed by atoms with Crippen molar-refractivity contribution in [2.45, 2.75) is 64.6 Å². The summed E-state index contributed by atoms with van der Waals surface area (Å²) in [6.45, 7) is 9.19. The van der Waals surface area contributed by atoms with Gasteiger partial charge in [-0.05, 0) is 61.1 Å². The fourth-order valence-corrected chi connectivity index (χ4v) is 6.25. The number of fused-ring (bicyclic) bond motifs is 4. The quantitative estimate of drug-likeness (QED) is 0.180. The first-order valence-corrected chi connectivity index (χ1v) is 15.1. The van der Waals surface area contributed by atoms with Crippen molar-refractivity contribution in [1.82, 2.24) is 15.2 Å². The van der Waals surface area contributed by atoms with Crippen LogP contribution in [0.2, 0.25) is 0 Å². The van der Waals surface area contributed by atoms with Crippen LogP contribution < -0.4 is 10.2 Å². The van der Waals surface area contributed by atoms with E-state index in [1.807, 2.05) is 32.0 Å². The maximum atomic E-state index is 14.3. The van der Waals surface area contributed by atoms with Crippen LogP contribution in [0.25, 0.3) is 10.9 Å². The number of aromatic nitrogens is 1. The molecule has 0 radical (unpaired) electrons. The zero-order chi connectivity index (χ0) is 30.2. The molecule has 4 amide bonds. The van der Waals surface area contributed by atoms with Gasteiger partial charge in [-0.3, -0.25) is 14.5 Å². The molecule has 2 aliphatic heterocycles. The van der Waals surface area contributed by atoms with E-state index in [9.17, 15) is 14.4 Å². The molecule has 1 saturated heterocycles. The first-order chi connectivity index (χ1) is 20.8. The number of hydrogen-bond donors (Lipinski definition) is 2. The van der Waals surface area contributed by atoms with E-state index in [2.05, 4.69) is 54.5 Å². The van der Waals surface area contributed by atoms with Crippen LogP contribution in [0.1, 0.15) is 78.8 Å². The number of urea groups is 1. The number of nitrogens with one attached hydrogen (secondary N) is 2. The Morgan fingerprint density at radius 2 is 1.70 bits per heavy atom. The molecule has 4 aromatic rings. The van der Waals surface area contributed by atoms with Gasteiger partial charge in [-0.2, -0.15) is 0 Å². The molecule has 0 spiro atoms. The number of hydrogen-bond acceptors (Lipinski definition) is 4. The molecule has 43 heavy (non-hydrogen) atoms. The molecule has 2 N–H and O–H groups in total. The van der Waals surface area contributed by atoms with Gasteiger partial charge in [0.2, 0.25) is 0 Å². The van der Waals surface area contributed by atoms with Crippen molar-refractivity contribution in [2.75, 3.05) is 18.1 Å². The predicted octanol–water partition coefficient (Wildman–Crippen LogP) is 6.32. The van der Waals surface area contributed by atoms with Gasteiger partial charge in [-0.1, -0.05) is 68.4 Å². The van der Waals surface area contributed by atoms with Gasteiger partial charge < -0.3 is 15.0 Å². The number of carbonyl (C=O) groups excluding carboxylic acids is 3. The largest absolute Gasteiger partial charge is 0.379 e. The number of anilines is 1. The van der Waals surface area contributed by atoms with Gasteiger partial charge in [-0.15, -0.1) is 0 Å². The van der Waals surface area contributed by atoms with Crippen molar-refractivity contribution >= 4 is 34.4 Å². The van der Waals surface area contributed by atoms with Gasteiger partial charge in [0.15, 0.2) is 0 Å². The topological polar surface area (TPSA) is 94.7 Å². The molecule has 8 heteroatoms. The van der Waals surface area contributed by atoms with E-state index in [1.54, 1.807) is 29.2 Å². The summed E-state index contributed by atoms with van der Waals surface area (Å²) in [5.74, 6) is -0.286. The summed E-state index contributed by atoms with van der Waals surface area (Å²) in [7, 11) is 0. The Kier molecular flexibility index (Phi) is 7.79. The van der Waals surface area contributed by atoms with Crippen LogP contribution in [0.5, 0.6) is 0 Å². The second kappa shape index (κ2) is 11.7. The molecule has 0 bridgehead atoms. The lowest BCUT2D eigenvalue weighted by Gasteiger charge is -2.36. The molecule has 1 aromatic heterocycles. The molecular weight excluding hydrogens is 540 g/mol. The molecule has 8 nitrogen and oxygen atoms in total. The van der Waals surface area contributed by atoms with Crippen molar-refractivity contribution in [2.24, 2.45) is 0 Å². The van der Waals surface area contributed by atoms with Crippen LogP contribution in [0.4, 0.5) is 10.5 Å². The Morgan fingerprint density at radius 3 is 2.44 bits per heavy atom. The van der Waals surface area contributed by atoms with Crippen molar-refractivity contribution in [3.05, 3.63) is 101 Å². The Balaban J connectivity index is 1.36. The molecule has 1 fully saturated rings. The highest BCUT2D eigenvalue weighted by Crippen LogP contribution is 2.45. The molecule has 6 rings (SSSR count). The number of rotatable bonds is 9. The third kappa shape index (κ3) is 5.20. The number of amides is 4. The van der Waals surface area contributed by atoms with Gasteiger partial charge in [0.1, 0.15) is 12.1 Å². The Labute approximate surface area is 252 Å². The van der Waals surface area contributed by atoms with Crippen LogP contribution >= 0.6 is 0 Å². The monoisotopic (exact) mass is 578 g/mol. The van der Waals surface area contributed by atoms with E-state index < -0.39 is 18.1 Å². The summed E-state index contributed by atoms with van der Waals surface area (Å²) >= 11 is 0. The molecule has 2 unspecified atom stereocenters. The smallest absolute Gasteiger partial charge is 0.332 e. The number of benzene rings is 3. The SMILES string of the molecule is CC(C)OCCCNC(=O)c1ccccc1N1C(=O)C2Cc3c([nH]c4ccccc34)C(c3ccc(C(C)C)cc3)N2C1=O. The first-order valence-electron chi connectivity index (χ1n) is 15.1. The maximum absolute atomic E-state index is 14.3. The fourth-order valence-electron chi connectivity index (χ4n) is 6.25. The lowest BCUT2D eigenvalue weighted by Crippen LogP contribution is -2.44. The van der Waals surface area contributed by atoms with Gasteiger partial charge in [0.05, 0.1) is 17.4 Å². The van der Waals surface area contributed by atoms with Crippen molar-refractivity contribution in [3.63, 3.8) is 0 Å². The van der Waals surface area contributed by atoms with Crippen LogP contribution in [0, 0.1) is 0 Å². The van der Waals surface area contributed by atoms with Crippen molar-refractivity contribution < 1.29 is 19.1 Å². The number of carbonyl (C=O) groups is 3. The molecule has 0 saturated carbocycles. The van der Waals surface area contributed by atoms with E-state index in [0.717, 1.165) is 27.7 Å². The van der Waals surface area contributed by atoms with Gasteiger partial charge >= 0.3 is 6.03 Å². The highest BCUT2D eigenvalue weighted by molar-refractivity contribution is 6.24. The average Bonchev–Trinajstić information content (AvgIpc) is 3.49. The zero-order valence-electron chi connectivity index (χ0n) is 25.1. The fraction of sp³-hybridized carbons (Fsp3) is 0.343. The predicted molar refractivity (Wildman–Crippen MR) is 167 cm³/mol. The minimum Gasteiger partial charge on any atom is -0.379 e. The number of imide groups is 1. The lowest BCUT2D eigenvalue weighted by atomic mass is 9.88. The third-order valence-corrected chi connectivity index (χ3v) is 8.42. The van der Waals surface area contributed by atoms with E-state index in [4.69, 9.17) is 4.74 Å². The normalized spacial score (nSPS) is 18.1. The Morgan fingerprint density at radius 1 is 0.977 bits per heavy atom. The maximum Gasteiger partial charge on any atom is 0.332 e. The van der Waals surface area contributed by atoms with E-state index >= 15 is 0 Å². The number of nitrogens with zero attached hydrogens (tertiary/aromatic N) is 2. The van der Waals surface area contributed by atoms with E-state index in [1.165, 1.54) is 10.5 Å². The summed E-state index contributed by atoms with van der Waals surface area (Å²) in [4.78, 5) is 48.3. The zero-order valence-corrected chi connectivity index (χ0v) is 25.1. The average molecular weight is 579 g/mol. The third-order valence-electron chi connectivity index (χ3n) is 8.42. The first kappa shape index (κ1) is 28.7. The van der Waals surface area contributed by atoms with E-state index in [-0.39, 0.29) is 23.5 Å². The summed E-state index contributed by atoms with van der Waals surface area (Å²) < 4.78 is 5.57. The standard InChI is InChI=1S/C35H38N4O4/c1-21(2)23-14-16-24(17-15-23)32-31-27(25-10-5-7-12-28(25)37-31)20-30-34(41)39(35(42)38(30)32)29-13-8-6-11-26(29)33(40)36-18-9-19-43-22(3)4/h5-8,10-17,21-22,30,32,37H,9,18-20H2,1-4H3,(H,36,40). The second-order valence-corrected chi connectivity index (χ2v) is 11.9. The van der Waals surface area contributed by atoms with Crippen LogP contribution in [-0.4, -0.2) is 53.0 Å². The van der Waals surface area contributed by atoms with Crippen LogP contribution in [0.15, 0.2) is 72.8 Å². The van der Waals surface area contributed by atoms with Crippen molar-refractivity contribution in [3.8, 4) is 0 Å². The molecule has 0 aliphatic carbocycles. The molecule has 222 valence electrons. The van der Waals surface area contributed by atoms with Crippen molar-refractivity contribution in [1.29, 1.82) is 0 Å². The molecule has 2 atom stereocenters. The number of aromatic amines is 1. The highest BCUT2D eigenvalue weighted by Gasteiger charge is 2.53. The summed E-state index contributed by atoms with van der Waals surface area (Å²) in [6.07, 6.45) is 1.18. The van der Waals surface area contributed by atoms with Gasteiger partial charge in [-0.25, -0.2) is 9.69 Å². The molecule has 3 heterocycles. The van der Waals surface area contributed by atoms with Gasteiger partial charge in [0, 0.05) is 36.2 Å². The number of para-hydroxylation sites is 2. The number of H-pyrrole nitrogens is 1. The van der Waals surface area contributed by atoms with Gasteiger partial charge in [0.25, 0.3) is 11.8 Å². The van der Waals surface area contributed by atoms with Crippen LogP contribution in [-0.2, 0) is 16.0 Å². The summed E-state index contributed by atoms with van der Waals surface area (Å²) in [5.41, 5.74) is 5.67. The van der Waals surface area contributed by atoms with Crippen LogP contribution in [0.3, 0.4) is 0 Å². The molecule has 2 aliphatic rings. The Bertz CT molecular complexity index is 1670. The summed E-state index contributed by atoms with van der Waals surface area (Å²) in [6, 6.07) is 21.6. The minimum absolute atomic E-state index is 0.124. The van der Waals surface area contributed by atoms with E-state index in [0.29, 0.717) is 37.6 Å². The lowest BCUT2D eigenvalue weighted by molar-refractivity contribution is -0.120. The molecule has 3 aromatic carbocycles. The second-order valence-electron chi connectivity index (χ2n) is 11.9. The highest BCUT2D eigenvalue weighted by atomic mass is 16.5. The molecular formula is C35H38N4O4. The number of ether oxygens (including phenoxy) is 1. The Hall–Kier alpha value is -4.43.